The number of hydrogen-bond acceptors (Lipinski definition) is 8. The van der Waals surface area contributed by atoms with Crippen molar-refractivity contribution < 1.29 is 14.4 Å². The molecule has 164 valence electrons. The first-order valence-corrected chi connectivity index (χ1v) is 10.6. The van der Waals surface area contributed by atoms with Crippen LogP contribution in [0.15, 0.2) is 42.5 Å². The minimum atomic E-state index is -0.385. The largest absolute Gasteiger partial charge is 0.493 e. The molecule has 0 spiro atoms. The zero-order chi connectivity index (χ0) is 22.4. The number of rotatable bonds is 10. The van der Waals surface area contributed by atoms with Crippen molar-refractivity contribution in [2.24, 2.45) is 0 Å². The van der Waals surface area contributed by atoms with Gasteiger partial charge in [-0.25, -0.2) is 4.98 Å². The number of nitrogens with zero attached hydrogens (tertiary/aromatic N) is 3. The molecule has 0 bridgehead atoms. The van der Waals surface area contributed by atoms with Crippen molar-refractivity contribution in [3.8, 4) is 22.8 Å². The van der Waals surface area contributed by atoms with E-state index in [1.165, 1.54) is 6.07 Å². The van der Waals surface area contributed by atoms with Gasteiger partial charge in [0.1, 0.15) is 0 Å². The summed E-state index contributed by atoms with van der Waals surface area (Å²) < 4.78 is 10.7. The molecule has 2 aromatic carbocycles. The summed E-state index contributed by atoms with van der Waals surface area (Å²) in [7, 11) is 5.25. The highest BCUT2D eigenvalue weighted by Crippen LogP contribution is 2.34. The van der Waals surface area contributed by atoms with Crippen LogP contribution in [-0.2, 0) is 13.1 Å². The number of methoxy groups -OCH3 is 2. The molecule has 9 heteroatoms. The molecule has 0 aliphatic carbocycles. The van der Waals surface area contributed by atoms with Gasteiger partial charge in [0.25, 0.3) is 5.69 Å². The van der Waals surface area contributed by atoms with Gasteiger partial charge in [-0.05, 0) is 31.3 Å². The summed E-state index contributed by atoms with van der Waals surface area (Å²) in [5, 5.41) is 15.3. The van der Waals surface area contributed by atoms with Crippen molar-refractivity contribution in [3.05, 3.63) is 63.0 Å². The third-order valence-electron chi connectivity index (χ3n) is 4.87. The normalized spacial score (nSPS) is 10.9. The van der Waals surface area contributed by atoms with E-state index in [2.05, 4.69) is 17.1 Å². The first kappa shape index (κ1) is 22.5. The van der Waals surface area contributed by atoms with Crippen LogP contribution < -0.4 is 14.8 Å². The molecule has 31 heavy (non-hydrogen) atoms. The van der Waals surface area contributed by atoms with Crippen LogP contribution >= 0.6 is 11.3 Å². The third kappa shape index (κ3) is 5.50. The highest BCUT2D eigenvalue weighted by atomic mass is 32.1. The molecule has 1 heterocycles. The summed E-state index contributed by atoms with van der Waals surface area (Å²) in [5.74, 6) is 1.35. The van der Waals surface area contributed by atoms with E-state index in [-0.39, 0.29) is 10.6 Å². The second-order valence-corrected chi connectivity index (χ2v) is 8.06. The van der Waals surface area contributed by atoms with Gasteiger partial charge in [0.15, 0.2) is 16.6 Å². The van der Waals surface area contributed by atoms with Crippen LogP contribution in [0, 0.1) is 10.1 Å². The Morgan fingerprint density at radius 3 is 2.61 bits per heavy atom. The lowest BCUT2D eigenvalue weighted by molar-refractivity contribution is -0.384. The molecule has 3 aromatic rings. The molecule has 0 fully saturated rings. The smallest absolute Gasteiger partial charge is 0.270 e. The fraction of sp³-hybridized carbons (Fsp3) is 0.318. The fourth-order valence-electron chi connectivity index (χ4n) is 3.05. The van der Waals surface area contributed by atoms with E-state index in [0.29, 0.717) is 24.6 Å². The third-order valence-corrected chi connectivity index (χ3v) is 5.87. The van der Waals surface area contributed by atoms with Crippen LogP contribution in [0.1, 0.15) is 17.4 Å². The number of ether oxygens (including phenoxy) is 2. The number of aromatic nitrogens is 1. The Kier molecular flexibility index (Phi) is 7.43. The Hall–Kier alpha value is -3.17. The second-order valence-electron chi connectivity index (χ2n) is 6.97. The molecule has 0 atom stereocenters. The van der Waals surface area contributed by atoms with Gasteiger partial charge in [0.2, 0.25) is 0 Å². The fourth-order valence-corrected chi connectivity index (χ4v) is 4.11. The van der Waals surface area contributed by atoms with Gasteiger partial charge in [-0.1, -0.05) is 25.1 Å². The summed E-state index contributed by atoms with van der Waals surface area (Å²) in [6.07, 6.45) is 0. The van der Waals surface area contributed by atoms with E-state index >= 15 is 0 Å². The van der Waals surface area contributed by atoms with Crippen molar-refractivity contribution >= 4 is 22.2 Å². The number of non-ortho nitro benzene ring substituents is 1. The molecule has 0 radical (unpaired) electrons. The van der Waals surface area contributed by atoms with Crippen LogP contribution in [0.25, 0.3) is 11.3 Å². The Morgan fingerprint density at radius 2 is 1.94 bits per heavy atom. The Bertz CT molecular complexity index is 1050. The minimum absolute atomic E-state index is 0.0557. The highest BCUT2D eigenvalue weighted by molar-refractivity contribution is 7.16. The molecule has 8 nitrogen and oxygen atoms in total. The predicted octanol–water partition coefficient (Wildman–Crippen LogP) is 4.80. The predicted molar refractivity (Wildman–Crippen MR) is 123 cm³/mol. The van der Waals surface area contributed by atoms with Crippen molar-refractivity contribution in [2.45, 2.75) is 20.0 Å². The number of anilines is 1. The number of hydrogen-bond donors (Lipinski definition) is 1. The maximum absolute atomic E-state index is 11.2. The molecule has 1 N–H and O–H groups in total. The van der Waals surface area contributed by atoms with Crippen molar-refractivity contribution in [1.82, 2.24) is 9.88 Å². The molecule has 3 rings (SSSR count). The van der Waals surface area contributed by atoms with E-state index in [4.69, 9.17) is 14.5 Å². The van der Waals surface area contributed by atoms with Crippen LogP contribution in [0.3, 0.4) is 0 Å². The van der Waals surface area contributed by atoms with E-state index in [1.807, 2.05) is 31.3 Å². The van der Waals surface area contributed by atoms with Crippen LogP contribution in [0.4, 0.5) is 10.8 Å². The number of nitro groups is 1. The van der Waals surface area contributed by atoms with Gasteiger partial charge >= 0.3 is 0 Å². The van der Waals surface area contributed by atoms with Gasteiger partial charge in [0, 0.05) is 35.7 Å². The summed E-state index contributed by atoms with van der Waals surface area (Å²) in [5.41, 5.74) is 2.59. The number of thiazole rings is 1. The summed E-state index contributed by atoms with van der Waals surface area (Å²) >= 11 is 1.56. The van der Waals surface area contributed by atoms with E-state index in [1.54, 1.807) is 37.7 Å². The lowest BCUT2D eigenvalue weighted by Gasteiger charge is -2.13. The van der Waals surface area contributed by atoms with Gasteiger partial charge < -0.3 is 19.7 Å². The molecule has 0 saturated carbocycles. The first-order valence-electron chi connectivity index (χ1n) is 9.83. The molecule has 0 aliphatic rings. The van der Waals surface area contributed by atoms with Crippen molar-refractivity contribution in [2.75, 3.05) is 33.1 Å². The molecule has 1 aromatic heterocycles. The lowest BCUT2D eigenvalue weighted by Crippen LogP contribution is -2.16. The monoisotopic (exact) mass is 442 g/mol. The molecule has 0 saturated heterocycles. The van der Waals surface area contributed by atoms with Crippen LogP contribution in [-0.4, -0.2) is 42.6 Å². The van der Waals surface area contributed by atoms with E-state index < -0.39 is 0 Å². The maximum Gasteiger partial charge on any atom is 0.270 e. The summed E-state index contributed by atoms with van der Waals surface area (Å²) in [6.45, 7) is 4.25. The van der Waals surface area contributed by atoms with Gasteiger partial charge in [0.05, 0.1) is 24.8 Å². The maximum atomic E-state index is 11.2. The molecular weight excluding hydrogens is 416 g/mol. The van der Waals surface area contributed by atoms with Gasteiger partial charge in [-0.3, -0.25) is 10.1 Å². The SMILES string of the molecule is CCN(C)Cc1sc(NCc2ccc(OC)c(OC)c2)nc1-c1cccc([N+](=O)[O-])c1. The topological polar surface area (TPSA) is 89.8 Å². The quantitative estimate of drug-likeness (QED) is 0.356. The second kappa shape index (κ2) is 10.2. The van der Waals surface area contributed by atoms with Crippen molar-refractivity contribution in [3.63, 3.8) is 0 Å². The Balaban J connectivity index is 1.87. The Morgan fingerprint density at radius 1 is 1.16 bits per heavy atom. The van der Waals surface area contributed by atoms with Crippen LogP contribution in [0.5, 0.6) is 11.5 Å². The van der Waals surface area contributed by atoms with Gasteiger partial charge in [-0.15, -0.1) is 11.3 Å². The highest BCUT2D eigenvalue weighted by Gasteiger charge is 2.17. The zero-order valence-corrected chi connectivity index (χ0v) is 18.9. The van der Waals surface area contributed by atoms with Crippen molar-refractivity contribution in [1.29, 1.82) is 0 Å². The number of benzene rings is 2. The van der Waals surface area contributed by atoms with E-state index in [9.17, 15) is 10.1 Å². The van der Waals surface area contributed by atoms with E-state index in [0.717, 1.165) is 33.4 Å². The minimum Gasteiger partial charge on any atom is -0.493 e. The molecular formula is C22H26N4O4S. The number of nitro benzene ring substituents is 1. The molecule has 0 unspecified atom stereocenters. The zero-order valence-electron chi connectivity index (χ0n) is 18.0. The number of nitrogens with one attached hydrogen (secondary N) is 1. The molecule has 0 aliphatic heterocycles. The standard InChI is InChI=1S/C22H26N4O4S/c1-5-25(2)14-20-21(16-7-6-8-17(12-16)26(27)28)24-22(31-20)23-13-15-9-10-18(29-3)19(11-15)30-4/h6-12H,5,13-14H2,1-4H3,(H,23,24). The summed E-state index contributed by atoms with van der Waals surface area (Å²) in [6, 6.07) is 12.4. The lowest BCUT2D eigenvalue weighted by atomic mass is 10.1. The first-order chi connectivity index (χ1) is 14.9. The van der Waals surface area contributed by atoms with Crippen LogP contribution in [0.2, 0.25) is 0 Å². The summed E-state index contributed by atoms with van der Waals surface area (Å²) in [4.78, 5) is 18.8. The average Bonchev–Trinajstić information content (AvgIpc) is 3.19. The molecule has 0 amide bonds. The Labute approximate surface area is 185 Å². The average molecular weight is 443 g/mol. The van der Waals surface area contributed by atoms with Gasteiger partial charge in [-0.2, -0.15) is 0 Å².